The fraction of sp³-hybridized carbons (Fsp3) is 0.250. The van der Waals surface area contributed by atoms with Crippen LogP contribution in [-0.4, -0.2) is 57.9 Å². The Kier molecular flexibility index (Phi) is 5.12. The second-order valence-electron chi connectivity index (χ2n) is 8.02. The molecule has 178 valence electrons. The molecule has 1 aromatic carbocycles. The zero-order valence-corrected chi connectivity index (χ0v) is 20.0. The summed E-state index contributed by atoms with van der Waals surface area (Å²) in [5.74, 6) is 0.311. The van der Waals surface area contributed by atoms with Gasteiger partial charge in [0, 0.05) is 29.7 Å². The number of carbonyl (C=O) groups is 2. The Hall–Kier alpha value is -4.54. The monoisotopic (exact) mass is 474 g/mol. The smallest absolute Gasteiger partial charge is 0.267 e. The van der Waals surface area contributed by atoms with Crippen LogP contribution in [-0.2, 0) is 0 Å². The predicted molar refractivity (Wildman–Crippen MR) is 126 cm³/mol. The third kappa shape index (κ3) is 3.27. The van der Waals surface area contributed by atoms with E-state index >= 15 is 0 Å². The summed E-state index contributed by atoms with van der Waals surface area (Å²) in [5, 5.41) is 5.02. The van der Waals surface area contributed by atoms with Crippen LogP contribution in [0.25, 0.3) is 17.0 Å². The number of imide groups is 1. The second-order valence-corrected chi connectivity index (χ2v) is 8.02. The summed E-state index contributed by atoms with van der Waals surface area (Å²) in [6, 6.07) is 4.95. The zero-order valence-electron chi connectivity index (χ0n) is 20.0. The molecular weight excluding hydrogens is 452 g/mol. The average molecular weight is 474 g/mol. The van der Waals surface area contributed by atoms with Crippen LogP contribution in [0.5, 0.6) is 17.2 Å². The normalized spacial score (nSPS) is 12.9. The summed E-state index contributed by atoms with van der Waals surface area (Å²) in [6.07, 6.45) is 1.39. The quantitative estimate of drug-likeness (QED) is 0.402. The molecule has 11 heteroatoms. The number of ether oxygens (including phenoxy) is 3. The first-order valence-corrected chi connectivity index (χ1v) is 10.7. The number of fused-ring (bicyclic) bond motifs is 3. The molecule has 0 N–H and O–H groups in total. The number of amides is 2. The number of methoxy groups -OCH3 is 3. The van der Waals surface area contributed by atoms with E-state index in [2.05, 4.69) is 20.1 Å². The van der Waals surface area contributed by atoms with Crippen molar-refractivity contribution in [2.45, 2.75) is 20.8 Å². The molecule has 2 amide bonds. The van der Waals surface area contributed by atoms with Crippen LogP contribution in [0.4, 0.5) is 5.69 Å². The Morgan fingerprint density at radius 3 is 2.03 bits per heavy atom. The Morgan fingerprint density at radius 2 is 1.46 bits per heavy atom. The molecule has 35 heavy (non-hydrogen) atoms. The van der Waals surface area contributed by atoms with Gasteiger partial charge in [-0.05, 0) is 26.8 Å². The van der Waals surface area contributed by atoms with E-state index in [1.165, 1.54) is 32.2 Å². The van der Waals surface area contributed by atoms with E-state index in [9.17, 15) is 9.59 Å². The Labute approximate surface area is 200 Å². The average Bonchev–Trinajstić information content (AvgIpc) is 3.30. The second kappa shape index (κ2) is 8.05. The summed E-state index contributed by atoms with van der Waals surface area (Å²) in [7, 11) is 4.40. The highest BCUT2D eigenvalue weighted by molar-refractivity contribution is 6.37. The molecule has 5 rings (SSSR count). The van der Waals surface area contributed by atoms with Gasteiger partial charge >= 0.3 is 0 Å². The van der Waals surface area contributed by atoms with E-state index < -0.39 is 11.8 Å². The van der Waals surface area contributed by atoms with E-state index in [0.29, 0.717) is 39.9 Å². The van der Waals surface area contributed by atoms with Crippen LogP contribution in [0, 0.1) is 20.8 Å². The van der Waals surface area contributed by atoms with Crippen LogP contribution >= 0.6 is 0 Å². The van der Waals surface area contributed by atoms with Crippen LogP contribution in [0.3, 0.4) is 0 Å². The molecule has 0 unspecified atom stereocenters. The maximum atomic E-state index is 13.7. The van der Waals surface area contributed by atoms with Crippen LogP contribution in [0.1, 0.15) is 37.8 Å². The lowest BCUT2D eigenvalue weighted by Gasteiger charge is -2.18. The molecule has 4 heterocycles. The summed E-state index contributed by atoms with van der Waals surface area (Å²) in [5.41, 5.74) is 3.15. The summed E-state index contributed by atoms with van der Waals surface area (Å²) in [6.45, 7) is 5.47. The number of rotatable bonds is 5. The van der Waals surface area contributed by atoms with E-state index in [4.69, 9.17) is 14.2 Å². The fourth-order valence-corrected chi connectivity index (χ4v) is 4.33. The largest absolute Gasteiger partial charge is 0.493 e. The van der Waals surface area contributed by atoms with E-state index in [0.717, 1.165) is 16.3 Å². The van der Waals surface area contributed by atoms with Crippen LogP contribution < -0.4 is 19.1 Å². The Bertz CT molecular complexity index is 1500. The van der Waals surface area contributed by atoms with Gasteiger partial charge in [-0.1, -0.05) is 0 Å². The van der Waals surface area contributed by atoms with Gasteiger partial charge in [-0.2, -0.15) is 9.78 Å². The standard InChI is InChI=1S/C24H22N6O5/c1-11-7-12(2)27-24(26-11)30-21-18(13(3)28-30)19-15(10-25-21)22(31)29(23(19)32)14-8-16(33-4)20(35-6)17(9-14)34-5/h7-10H,1-6H3. The lowest BCUT2D eigenvalue weighted by atomic mass is 10.1. The first-order valence-electron chi connectivity index (χ1n) is 10.7. The van der Waals surface area contributed by atoms with Gasteiger partial charge < -0.3 is 14.2 Å². The number of aryl methyl sites for hydroxylation is 3. The van der Waals surface area contributed by atoms with Crippen molar-refractivity contribution in [2.24, 2.45) is 0 Å². The lowest BCUT2D eigenvalue weighted by Crippen LogP contribution is -2.29. The number of nitrogens with zero attached hydrogens (tertiary/aromatic N) is 6. The van der Waals surface area contributed by atoms with Crippen LogP contribution in [0.2, 0.25) is 0 Å². The molecule has 0 spiro atoms. The van der Waals surface area contributed by atoms with Gasteiger partial charge in [0.15, 0.2) is 17.1 Å². The van der Waals surface area contributed by atoms with Gasteiger partial charge in [-0.3, -0.25) is 9.59 Å². The van der Waals surface area contributed by atoms with Gasteiger partial charge in [-0.15, -0.1) is 0 Å². The zero-order chi connectivity index (χ0) is 25.0. The molecule has 4 aromatic rings. The third-order valence-electron chi connectivity index (χ3n) is 5.79. The predicted octanol–water partition coefficient (Wildman–Crippen LogP) is 2.96. The first kappa shape index (κ1) is 22.3. The van der Waals surface area contributed by atoms with Crippen molar-refractivity contribution in [3.63, 3.8) is 0 Å². The number of hydrogen-bond acceptors (Lipinski definition) is 9. The summed E-state index contributed by atoms with van der Waals surface area (Å²) >= 11 is 0. The van der Waals surface area contributed by atoms with E-state index in [-0.39, 0.29) is 16.8 Å². The molecular formula is C24H22N6O5. The molecule has 1 aliphatic rings. The summed E-state index contributed by atoms with van der Waals surface area (Å²) < 4.78 is 17.6. The molecule has 0 fully saturated rings. The summed E-state index contributed by atoms with van der Waals surface area (Å²) in [4.78, 5) is 41.5. The van der Waals surface area contributed by atoms with Crippen molar-refractivity contribution in [3.8, 4) is 23.2 Å². The minimum Gasteiger partial charge on any atom is -0.493 e. The molecule has 11 nitrogen and oxygen atoms in total. The highest BCUT2D eigenvalue weighted by Crippen LogP contribution is 2.43. The molecule has 1 aliphatic heterocycles. The molecule has 0 saturated heterocycles. The van der Waals surface area contributed by atoms with Crippen molar-refractivity contribution in [2.75, 3.05) is 26.2 Å². The lowest BCUT2D eigenvalue weighted by molar-refractivity contribution is 0.0926. The maximum absolute atomic E-state index is 13.7. The van der Waals surface area contributed by atoms with Crippen molar-refractivity contribution in [1.82, 2.24) is 24.7 Å². The topological polar surface area (TPSA) is 122 Å². The number of pyridine rings is 1. The van der Waals surface area contributed by atoms with Gasteiger partial charge in [0.05, 0.1) is 49.2 Å². The van der Waals surface area contributed by atoms with Gasteiger partial charge in [-0.25, -0.2) is 19.9 Å². The van der Waals surface area contributed by atoms with Gasteiger partial charge in [0.2, 0.25) is 5.75 Å². The number of hydrogen-bond donors (Lipinski definition) is 0. The van der Waals surface area contributed by atoms with Crippen molar-refractivity contribution < 1.29 is 23.8 Å². The van der Waals surface area contributed by atoms with E-state index in [1.807, 2.05) is 19.9 Å². The number of anilines is 1. The first-order chi connectivity index (χ1) is 16.8. The molecule has 3 aromatic heterocycles. The molecule has 0 atom stereocenters. The molecule has 0 saturated carbocycles. The highest BCUT2D eigenvalue weighted by Gasteiger charge is 2.41. The maximum Gasteiger partial charge on any atom is 0.267 e. The Morgan fingerprint density at radius 1 is 0.829 bits per heavy atom. The third-order valence-corrected chi connectivity index (χ3v) is 5.79. The van der Waals surface area contributed by atoms with E-state index in [1.54, 1.807) is 19.1 Å². The Balaban J connectivity index is 1.69. The number of benzene rings is 1. The molecule has 0 radical (unpaired) electrons. The molecule has 0 aliphatic carbocycles. The number of carbonyl (C=O) groups excluding carboxylic acids is 2. The minimum absolute atomic E-state index is 0.181. The molecule has 0 bridgehead atoms. The minimum atomic E-state index is -0.511. The van der Waals surface area contributed by atoms with Gasteiger partial charge in [0.25, 0.3) is 17.8 Å². The van der Waals surface area contributed by atoms with Crippen LogP contribution in [0.15, 0.2) is 24.4 Å². The SMILES string of the molecule is COc1cc(N2C(=O)c3cnc4c(c(C)nn4-c4nc(C)cc(C)n4)c3C2=O)cc(OC)c1OC. The van der Waals surface area contributed by atoms with Crippen molar-refractivity contribution in [1.29, 1.82) is 0 Å². The fourth-order valence-electron chi connectivity index (χ4n) is 4.33. The van der Waals surface area contributed by atoms with Crippen molar-refractivity contribution >= 4 is 28.5 Å². The van der Waals surface area contributed by atoms with Crippen molar-refractivity contribution in [3.05, 3.63) is 52.6 Å². The number of aromatic nitrogens is 5. The van der Waals surface area contributed by atoms with Gasteiger partial charge in [0.1, 0.15) is 0 Å². The highest BCUT2D eigenvalue weighted by atomic mass is 16.5.